The lowest BCUT2D eigenvalue weighted by atomic mass is 10.2. The van der Waals surface area contributed by atoms with Gasteiger partial charge in [0.05, 0.1) is 24.5 Å². The van der Waals surface area contributed by atoms with Crippen LogP contribution >= 0.6 is 11.3 Å². The van der Waals surface area contributed by atoms with E-state index in [1.807, 2.05) is 45.7 Å². The number of fused-ring (bicyclic) bond motifs is 2. The first kappa shape index (κ1) is 16.2. The summed E-state index contributed by atoms with van der Waals surface area (Å²) in [4.78, 5) is 21.6. The minimum atomic E-state index is -0.628. The molecule has 0 fully saturated rings. The predicted molar refractivity (Wildman–Crippen MR) is 93.6 cm³/mol. The zero-order chi connectivity index (χ0) is 17.6. The highest BCUT2D eigenvalue weighted by molar-refractivity contribution is 7.15. The van der Waals surface area contributed by atoms with Crippen molar-refractivity contribution >= 4 is 22.2 Å². The Morgan fingerprint density at radius 2 is 2.28 bits per heavy atom. The average Bonchev–Trinajstić information content (AvgIpc) is 3.26. The van der Waals surface area contributed by atoms with Crippen molar-refractivity contribution < 1.29 is 9.90 Å². The van der Waals surface area contributed by atoms with E-state index in [4.69, 9.17) is 0 Å². The SMILES string of the molecule is CN(C)C[C@H](O)c1cc2n(n1)CCN(C(=O)c1cn3ccsc3n1)C2. The van der Waals surface area contributed by atoms with Gasteiger partial charge in [0.25, 0.3) is 5.91 Å². The number of aliphatic hydroxyl groups excluding tert-OH is 1. The van der Waals surface area contributed by atoms with E-state index in [1.54, 1.807) is 11.1 Å². The molecule has 1 amide bonds. The van der Waals surface area contributed by atoms with Crippen LogP contribution < -0.4 is 0 Å². The van der Waals surface area contributed by atoms with Gasteiger partial charge in [0, 0.05) is 30.9 Å². The minimum Gasteiger partial charge on any atom is -0.385 e. The van der Waals surface area contributed by atoms with E-state index < -0.39 is 6.10 Å². The highest BCUT2D eigenvalue weighted by atomic mass is 32.1. The second kappa shape index (κ2) is 6.25. The number of aromatic nitrogens is 4. The Kier molecular flexibility index (Phi) is 4.06. The summed E-state index contributed by atoms with van der Waals surface area (Å²) >= 11 is 1.51. The van der Waals surface area contributed by atoms with E-state index in [0.717, 1.165) is 10.7 Å². The molecule has 0 saturated heterocycles. The van der Waals surface area contributed by atoms with E-state index in [-0.39, 0.29) is 5.91 Å². The van der Waals surface area contributed by atoms with Crippen molar-refractivity contribution in [3.8, 4) is 0 Å². The van der Waals surface area contributed by atoms with Gasteiger partial charge in [-0.15, -0.1) is 11.3 Å². The first-order valence-corrected chi connectivity index (χ1v) is 9.00. The molecular weight excluding hydrogens is 340 g/mol. The van der Waals surface area contributed by atoms with Crippen molar-refractivity contribution in [1.82, 2.24) is 29.0 Å². The summed E-state index contributed by atoms with van der Waals surface area (Å²) in [5.74, 6) is -0.0706. The summed E-state index contributed by atoms with van der Waals surface area (Å²) < 4.78 is 3.74. The van der Waals surface area contributed by atoms with Crippen molar-refractivity contribution in [2.24, 2.45) is 0 Å². The molecule has 25 heavy (non-hydrogen) atoms. The quantitative estimate of drug-likeness (QED) is 0.746. The van der Waals surface area contributed by atoms with E-state index in [9.17, 15) is 9.90 Å². The van der Waals surface area contributed by atoms with Crippen molar-refractivity contribution in [3.05, 3.63) is 40.9 Å². The van der Waals surface area contributed by atoms with Crippen LogP contribution in [0, 0.1) is 0 Å². The monoisotopic (exact) mass is 360 g/mol. The average molecular weight is 360 g/mol. The fraction of sp³-hybridized carbons (Fsp3) is 0.438. The molecule has 0 aliphatic carbocycles. The lowest BCUT2D eigenvalue weighted by Crippen LogP contribution is -2.38. The van der Waals surface area contributed by atoms with Gasteiger partial charge in [-0.25, -0.2) is 4.98 Å². The number of hydrogen-bond acceptors (Lipinski definition) is 6. The van der Waals surface area contributed by atoms with Crippen molar-refractivity contribution in [3.63, 3.8) is 0 Å². The van der Waals surface area contributed by atoms with Gasteiger partial charge in [-0.1, -0.05) is 0 Å². The molecule has 3 aromatic rings. The molecule has 8 nitrogen and oxygen atoms in total. The van der Waals surface area contributed by atoms with Gasteiger partial charge in [-0.05, 0) is 20.2 Å². The molecular formula is C16H20N6O2S. The number of likely N-dealkylation sites (N-methyl/N-ethyl adjacent to an activating group) is 1. The normalized spacial score (nSPS) is 15.8. The molecule has 0 saturated carbocycles. The topological polar surface area (TPSA) is 78.9 Å². The Morgan fingerprint density at radius 1 is 1.44 bits per heavy atom. The van der Waals surface area contributed by atoms with E-state index in [2.05, 4.69) is 10.1 Å². The van der Waals surface area contributed by atoms with Gasteiger partial charge >= 0.3 is 0 Å². The number of thiazole rings is 1. The summed E-state index contributed by atoms with van der Waals surface area (Å²) in [6.45, 7) is 2.20. The Morgan fingerprint density at radius 3 is 3.04 bits per heavy atom. The molecule has 0 aromatic carbocycles. The summed E-state index contributed by atoms with van der Waals surface area (Å²) in [6.07, 6.45) is 3.04. The Bertz CT molecular complexity index is 882. The summed E-state index contributed by atoms with van der Waals surface area (Å²) in [7, 11) is 3.82. The smallest absolute Gasteiger partial charge is 0.274 e. The zero-order valence-electron chi connectivity index (χ0n) is 14.2. The van der Waals surface area contributed by atoms with Crippen LogP contribution in [-0.4, -0.2) is 67.2 Å². The predicted octanol–water partition coefficient (Wildman–Crippen LogP) is 0.843. The number of rotatable bonds is 4. The summed E-state index contributed by atoms with van der Waals surface area (Å²) in [5, 5.41) is 16.7. The molecule has 4 heterocycles. The zero-order valence-corrected chi connectivity index (χ0v) is 15.0. The molecule has 0 unspecified atom stereocenters. The van der Waals surface area contributed by atoms with Crippen LogP contribution in [0.15, 0.2) is 23.8 Å². The van der Waals surface area contributed by atoms with Crippen molar-refractivity contribution in [2.45, 2.75) is 19.2 Å². The molecule has 1 aliphatic rings. The van der Waals surface area contributed by atoms with Crippen LogP contribution in [0.5, 0.6) is 0 Å². The maximum atomic E-state index is 12.7. The molecule has 4 rings (SSSR count). The van der Waals surface area contributed by atoms with E-state index >= 15 is 0 Å². The molecule has 1 atom stereocenters. The molecule has 0 radical (unpaired) electrons. The van der Waals surface area contributed by atoms with E-state index in [0.29, 0.717) is 37.6 Å². The fourth-order valence-electron chi connectivity index (χ4n) is 3.06. The Labute approximate surface area is 148 Å². The van der Waals surface area contributed by atoms with Gasteiger partial charge < -0.3 is 14.9 Å². The van der Waals surface area contributed by atoms with E-state index in [1.165, 1.54) is 11.3 Å². The largest absolute Gasteiger partial charge is 0.385 e. The fourth-order valence-corrected chi connectivity index (χ4v) is 3.76. The number of hydrogen-bond donors (Lipinski definition) is 1. The molecule has 0 spiro atoms. The van der Waals surface area contributed by atoms with Gasteiger partial charge in [-0.3, -0.25) is 13.9 Å². The minimum absolute atomic E-state index is 0.0706. The molecule has 1 N–H and O–H groups in total. The first-order chi connectivity index (χ1) is 12.0. The summed E-state index contributed by atoms with van der Waals surface area (Å²) in [6, 6.07) is 1.89. The number of nitrogens with zero attached hydrogens (tertiary/aromatic N) is 6. The van der Waals surface area contributed by atoms with Crippen LogP contribution in [0.1, 0.15) is 28.0 Å². The third kappa shape index (κ3) is 3.06. The van der Waals surface area contributed by atoms with Crippen molar-refractivity contribution in [1.29, 1.82) is 0 Å². The maximum Gasteiger partial charge on any atom is 0.274 e. The van der Waals surface area contributed by atoms with Gasteiger partial charge in [-0.2, -0.15) is 5.10 Å². The number of carbonyl (C=O) groups excluding carboxylic acids is 1. The number of aliphatic hydroxyl groups is 1. The lowest BCUT2D eigenvalue weighted by Gasteiger charge is -2.26. The van der Waals surface area contributed by atoms with Gasteiger partial charge in [0.15, 0.2) is 4.96 Å². The van der Waals surface area contributed by atoms with Crippen LogP contribution in [0.3, 0.4) is 0 Å². The van der Waals surface area contributed by atoms with Gasteiger partial charge in [0.2, 0.25) is 0 Å². The third-order valence-electron chi connectivity index (χ3n) is 4.30. The Balaban J connectivity index is 1.51. The van der Waals surface area contributed by atoms with Crippen LogP contribution in [0.25, 0.3) is 4.96 Å². The van der Waals surface area contributed by atoms with Gasteiger partial charge in [0.1, 0.15) is 11.8 Å². The second-order valence-corrected chi connectivity index (χ2v) is 7.38. The highest BCUT2D eigenvalue weighted by Gasteiger charge is 2.26. The van der Waals surface area contributed by atoms with Crippen LogP contribution in [0.2, 0.25) is 0 Å². The number of amides is 1. The highest BCUT2D eigenvalue weighted by Crippen LogP contribution is 2.20. The molecule has 0 bridgehead atoms. The molecule has 132 valence electrons. The van der Waals surface area contributed by atoms with Crippen molar-refractivity contribution in [2.75, 3.05) is 27.2 Å². The standard InChI is InChI=1S/C16H20N6O2S/c1-19(2)10-14(23)12-7-11-8-20(3-4-22(11)18-12)15(24)13-9-21-5-6-25-16(21)17-13/h5-7,9,14,23H,3-4,8,10H2,1-2H3/t14-/m0/s1. The number of carbonyl (C=O) groups is 1. The second-order valence-electron chi connectivity index (χ2n) is 6.51. The van der Waals surface area contributed by atoms with Crippen LogP contribution in [-0.2, 0) is 13.1 Å². The first-order valence-electron chi connectivity index (χ1n) is 8.12. The summed E-state index contributed by atoms with van der Waals surface area (Å²) in [5.41, 5.74) is 2.06. The number of imidazole rings is 1. The lowest BCUT2D eigenvalue weighted by molar-refractivity contribution is 0.0700. The molecule has 1 aliphatic heterocycles. The Hall–Kier alpha value is -2.23. The van der Waals surface area contributed by atoms with Crippen LogP contribution in [0.4, 0.5) is 0 Å². The maximum absolute atomic E-state index is 12.7. The molecule has 9 heteroatoms. The molecule has 3 aromatic heterocycles. The third-order valence-corrected chi connectivity index (χ3v) is 5.07.